The van der Waals surface area contributed by atoms with Crippen molar-refractivity contribution >= 4 is 18.3 Å². The first kappa shape index (κ1) is 15.7. The van der Waals surface area contributed by atoms with Crippen molar-refractivity contribution in [2.75, 3.05) is 19.7 Å². The second-order valence-corrected chi connectivity index (χ2v) is 4.69. The third kappa shape index (κ3) is 5.68. The van der Waals surface area contributed by atoms with Crippen LogP contribution >= 0.6 is 12.4 Å². The zero-order chi connectivity index (χ0) is 11.3. The van der Waals surface area contributed by atoms with Gasteiger partial charge in [0, 0.05) is 18.6 Å². The van der Waals surface area contributed by atoms with Gasteiger partial charge in [0.15, 0.2) is 0 Å². The molecule has 0 spiro atoms. The van der Waals surface area contributed by atoms with Gasteiger partial charge >= 0.3 is 0 Å². The lowest BCUT2D eigenvalue weighted by molar-refractivity contribution is -0.126. The highest BCUT2D eigenvalue weighted by Crippen LogP contribution is 2.08. The Labute approximate surface area is 104 Å². The third-order valence-electron chi connectivity index (χ3n) is 2.78. The van der Waals surface area contributed by atoms with Gasteiger partial charge in [0.05, 0.1) is 19.1 Å². The number of halogens is 1. The molecule has 5 heteroatoms. The van der Waals surface area contributed by atoms with Crippen molar-refractivity contribution in [3.63, 3.8) is 0 Å². The number of hydrogen-bond acceptors (Lipinski definition) is 3. The van der Waals surface area contributed by atoms with Gasteiger partial charge in [-0.2, -0.15) is 0 Å². The van der Waals surface area contributed by atoms with Crippen LogP contribution in [-0.4, -0.2) is 37.2 Å². The van der Waals surface area contributed by atoms with E-state index in [1.54, 1.807) is 0 Å². The highest BCUT2D eigenvalue weighted by atomic mass is 35.5. The van der Waals surface area contributed by atoms with Crippen LogP contribution < -0.4 is 10.6 Å². The van der Waals surface area contributed by atoms with Crippen LogP contribution in [0.4, 0.5) is 0 Å². The van der Waals surface area contributed by atoms with Crippen LogP contribution in [0.3, 0.4) is 0 Å². The van der Waals surface area contributed by atoms with E-state index in [0.717, 1.165) is 19.5 Å². The van der Waals surface area contributed by atoms with Gasteiger partial charge in [-0.15, -0.1) is 12.4 Å². The van der Waals surface area contributed by atoms with Gasteiger partial charge in [-0.1, -0.05) is 6.92 Å². The third-order valence-corrected chi connectivity index (χ3v) is 2.78. The Morgan fingerprint density at radius 2 is 2.25 bits per heavy atom. The molecular formula is C11H23ClN2O2. The Kier molecular flexibility index (Phi) is 6.95. The van der Waals surface area contributed by atoms with E-state index in [-0.39, 0.29) is 30.0 Å². The maximum absolute atomic E-state index is 11.7. The number of amides is 1. The van der Waals surface area contributed by atoms with Crippen molar-refractivity contribution < 1.29 is 9.53 Å². The normalized spacial score (nSPS) is 21.1. The molecule has 16 heavy (non-hydrogen) atoms. The van der Waals surface area contributed by atoms with Crippen molar-refractivity contribution in [2.45, 2.75) is 45.3 Å². The topological polar surface area (TPSA) is 50.4 Å². The minimum Gasteiger partial charge on any atom is -0.375 e. The first-order chi connectivity index (χ1) is 7.03. The molecule has 0 radical (unpaired) electrons. The maximum Gasteiger partial charge on any atom is 0.223 e. The summed E-state index contributed by atoms with van der Waals surface area (Å²) in [6.45, 7) is 8.50. The van der Waals surface area contributed by atoms with E-state index in [4.69, 9.17) is 4.74 Å². The molecule has 0 bridgehead atoms. The molecule has 0 saturated carbocycles. The predicted octanol–water partition coefficient (Wildman–Crippen LogP) is 1.09. The highest BCUT2D eigenvalue weighted by molar-refractivity contribution is 5.85. The number of ether oxygens (including phenoxy) is 1. The number of hydrogen-bond donors (Lipinski definition) is 2. The first-order valence-corrected chi connectivity index (χ1v) is 5.67. The number of nitrogens with one attached hydrogen (secondary N) is 2. The lowest BCUT2D eigenvalue weighted by Crippen LogP contribution is -2.46. The Hall–Kier alpha value is -0.320. The second kappa shape index (κ2) is 7.09. The van der Waals surface area contributed by atoms with Crippen molar-refractivity contribution in [3.05, 3.63) is 0 Å². The van der Waals surface area contributed by atoms with Crippen molar-refractivity contribution in [1.29, 1.82) is 0 Å². The highest BCUT2D eigenvalue weighted by Gasteiger charge is 2.22. The second-order valence-electron chi connectivity index (χ2n) is 4.69. The van der Waals surface area contributed by atoms with Crippen LogP contribution in [0.15, 0.2) is 0 Å². The summed E-state index contributed by atoms with van der Waals surface area (Å²) in [6.07, 6.45) is 1.42. The number of rotatable bonds is 4. The van der Waals surface area contributed by atoms with E-state index in [1.165, 1.54) is 0 Å². The Morgan fingerprint density at radius 3 is 2.75 bits per heavy atom. The largest absolute Gasteiger partial charge is 0.375 e. The molecular weight excluding hydrogens is 228 g/mol. The fourth-order valence-corrected chi connectivity index (χ4v) is 1.47. The minimum absolute atomic E-state index is 0. The van der Waals surface area contributed by atoms with E-state index in [0.29, 0.717) is 13.0 Å². The van der Waals surface area contributed by atoms with E-state index in [9.17, 15) is 4.79 Å². The standard InChI is InChI=1S/C11H22N2O2.ClH/c1-4-11(2,3)13-10(14)7-9-8-12-5-6-15-9;/h9,12H,4-8H2,1-3H3,(H,13,14);1H. The molecule has 1 unspecified atom stereocenters. The maximum atomic E-state index is 11.7. The molecule has 96 valence electrons. The van der Waals surface area contributed by atoms with E-state index >= 15 is 0 Å². The molecule has 1 heterocycles. The summed E-state index contributed by atoms with van der Waals surface area (Å²) < 4.78 is 5.47. The predicted molar refractivity (Wildman–Crippen MR) is 67.0 cm³/mol. The summed E-state index contributed by atoms with van der Waals surface area (Å²) >= 11 is 0. The molecule has 1 aliphatic heterocycles. The summed E-state index contributed by atoms with van der Waals surface area (Å²) in [5, 5.41) is 6.22. The van der Waals surface area contributed by atoms with Crippen molar-refractivity contribution in [2.24, 2.45) is 0 Å². The van der Waals surface area contributed by atoms with Gasteiger partial charge in [0.25, 0.3) is 0 Å². The molecule has 2 N–H and O–H groups in total. The zero-order valence-electron chi connectivity index (χ0n) is 10.3. The zero-order valence-corrected chi connectivity index (χ0v) is 11.2. The first-order valence-electron chi connectivity index (χ1n) is 5.67. The molecule has 4 nitrogen and oxygen atoms in total. The summed E-state index contributed by atoms with van der Waals surface area (Å²) in [7, 11) is 0. The fourth-order valence-electron chi connectivity index (χ4n) is 1.47. The number of carbonyl (C=O) groups is 1. The Balaban J connectivity index is 0.00000225. The van der Waals surface area contributed by atoms with Gasteiger partial charge in [0.2, 0.25) is 5.91 Å². The molecule has 1 aliphatic rings. The van der Waals surface area contributed by atoms with Gasteiger partial charge in [0.1, 0.15) is 0 Å². The van der Waals surface area contributed by atoms with Crippen LogP contribution in [-0.2, 0) is 9.53 Å². The molecule has 1 amide bonds. The molecule has 0 aliphatic carbocycles. The van der Waals surface area contributed by atoms with E-state index in [1.807, 2.05) is 13.8 Å². The smallest absolute Gasteiger partial charge is 0.223 e. The van der Waals surface area contributed by atoms with Gasteiger partial charge < -0.3 is 15.4 Å². The number of morpholine rings is 1. The summed E-state index contributed by atoms with van der Waals surface area (Å²) in [4.78, 5) is 11.7. The Bertz CT molecular complexity index is 216. The summed E-state index contributed by atoms with van der Waals surface area (Å²) in [5.74, 6) is 0.0792. The number of carbonyl (C=O) groups excluding carboxylic acids is 1. The van der Waals surface area contributed by atoms with Crippen LogP contribution in [0.25, 0.3) is 0 Å². The van der Waals surface area contributed by atoms with Gasteiger partial charge in [-0.05, 0) is 20.3 Å². The summed E-state index contributed by atoms with van der Waals surface area (Å²) in [6, 6.07) is 0. The van der Waals surface area contributed by atoms with E-state index in [2.05, 4.69) is 17.6 Å². The van der Waals surface area contributed by atoms with Gasteiger partial charge in [-0.3, -0.25) is 4.79 Å². The molecule has 1 saturated heterocycles. The monoisotopic (exact) mass is 250 g/mol. The molecule has 0 aromatic rings. The molecule has 1 fully saturated rings. The van der Waals surface area contributed by atoms with Crippen LogP contribution in [0.2, 0.25) is 0 Å². The molecule has 1 atom stereocenters. The van der Waals surface area contributed by atoms with Crippen molar-refractivity contribution in [3.8, 4) is 0 Å². The summed E-state index contributed by atoms with van der Waals surface area (Å²) in [5.41, 5.74) is -0.112. The molecule has 0 aromatic heterocycles. The Morgan fingerprint density at radius 1 is 1.56 bits per heavy atom. The quantitative estimate of drug-likeness (QED) is 0.786. The SMILES string of the molecule is CCC(C)(C)NC(=O)CC1CNCCO1.Cl. The molecule has 1 rings (SSSR count). The van der Waals surface area contributed by atoms with Gasteiger partial charge in [-0.25, -0.2) is 0 Å². The van der Waals surface area contributed by atoms with Crippen LogP contribution in [0.1, 0.15) is 33.6 Å². The lowest BCUT2D eigenvalue weighted by atomic mass is 10.0. The fraction of sp³-hybridized carbons (Fsp3) is 0.909. The van der Waals surface area contributed by atoms with E-state index < -0.39 is 0 Å². The van der Waals surface area contributed by atoms with Crippen LogP contribution in [0.5, 0.6) is 0 Å². The average Bonchev–Trinajstić information content (AvgIpc) is 2.18. The lowest BCUT2D eigenvalue weighted by Gasteiger charge is -2.27. The van der Waals surface area contributed by atoms with Crippen LogP contribution in [0, 0.1) is 0 Å². The molecule has 0 aromatic carbocycles. The average molecular weight is 251 g/mol. The van der Waals surface area contributed by atoms with Crippen molar-refractivity contribution in [1.82, 2.24) is 10.6 Å². The minimum atomic E-state index is -0.112.